The van der Waals surface area contributed by atoms with Gasteiger partial charge in [-0.25, -0.2) is 8.78 Å². The molecular weight excluding hydrogens is 330 g/mol. The Morgan fingerprint density at radius 1 is 0.920 bits per heavy atom. The summed E-state index contributed by atoms with van der Waals surface area (Å²) in [6, 6.07) is 7.43. The zero-order valence-electron chi connectivity index (χ0n) is 12.8. The van der Waals surface area contributed by atoms with E-state index in [1.54, 1.807) is 24.4 Å². The number of halogens is 2. The number of carbonyl (C=O) groups is 2. The average molecular weight is 342 g/mol. The van der Waals surface area contributed by atoms with Gasteiger partial charge in [0.2, 0.25) is 5.91 Å². The van der Waals surface area contributed by atoms with E-state index in [4.69, 9.17) is 0 Å². The molecule has 6 nitrogen and oxygen atoms in total. The highest BCUT2D eigenvalue weighted by Gasteiger charge is 2.11. The van der Waals surface area contributed by atoms with Gasteiger partial charge in [-0.2, -0.15) is 0 Å². The summed E-state index contributed by atoms with van der Waals surface area (Å²) in [5.41, 5.74) is 1.58. The molecular formula is C17H12F2N4O2. The second kappa shape index (κ2) is 7.00. The normalized spacial score (nSPS) is 10.5. The van der Waals surface area contributed by atoms with Crippen LogP contribution in [0.5, 0.6) is 0 Å². The van der Waals surface area contributed by atoms with Gasteiger partial charge in [-0.15, -0.1) is 0 Å². The van der Waals surface area contributed by atoms with Crippen molar-refractivity contribution in [1.29, 1.82) is 0 Å². The maximum absolute atomic E-state index is 13.1. The van der Waals surface area contributed by atoms with Crippen LogP contribution in [0.3, 0.4) is 0 Å². The van der Waals surface area contributed by atoms with Gasteiger partial charge in [0.15, 0.2) is 0 Å². The molecule has 0 saturated carbocycles. The first-order valence-corrected chi connectivity index (χ1v) is 7.26. The number of aromatic nitrogens is 2. The first-order chi connectivity index (χ1) is 12.0. The number of hydrogen-bond donors (Lipinski definition) is 2. The Morgan fingerprint density at radius 2 is 1.60 bits per heavy atom. The van der Waals surface area contributed by atoms with Crippen LogP contribution < -0.4 is 10.6 Å². The van der Waals surface area contributed by atoms with E-state index in [2.05, 4.69) is 20.6 Å². The minimum absolute atomic E-state index is 0.203. The Balaban J connectivity index is 1.61. The van der Waals surface area contributed by atoms with Crippen LogP contribution in [0.4, 0.5) is 14.5 Å². The van der Waals surface area contributed by atoms with Crippen LogP contribution >= 0.6 is 0 Å². The van der Waals surface area contributed by atoms with Crippen molar-refractivity contribution in [1.82, 2.24) is 15.3 Å². The zero-order chi connectivity index (χ0) is 17.8. The average Bonchev–Trinajstić information content (AvgIpc) is 2.58. The predicted molar refractivity (Wildman–Crippen MR) is 86.9 cm³/mol. The van der Waals surface area contributed by atoms with E-state index in [0.717, 1.165) is 12.1 Å². The fourth-order valence-electron chi connectivity index (χ4n) is 2.19. The van der Waals surface area contributed by atoms with Crippen LogP contribution in [-0.2, 0) is 4.79 Å². The van der Waals surface area contributed by atoms with Gasteiger partial charge in [0.05, 0.1) is 17.6 Å². The zero-order valence-corrected chi connectivity index (χ0v) is 12.8. The SMILES string of the molecule is O=C(CNC(=O)c1cc(F)cc(F)c1)Nc1ccc2nccnc2c1. The van der Waals surface area contributed by atoms with Crippen molar-refractivity contribution in [2.45, 2.75) is 0 Å². The molecule has 3 rings (SSSR count). The van der Waals surface area contributed by atoms with Crippen molar-refractivity contribution in [3.05, 3.63) is 66.0 Å². The molecule has 25 heavy (non-hydrogen) atoms. The molecule has 126 valence electrons. The molecule has 0 radical (unpaired) electrons. The summed E-state index contributed by atoms with van der Waals surface area (Å²) >= 11 is 0. The number of benzene rings is 2. The summed E-state index contributed by atoms with van der Waals surface area (Å²) in [6.45, 7) is -0.352. The van der Waals surface area contributed by atoms with Gasteiger partial charge in [-0.1, -0.05) is 0 Å². The summed E-state index contributed by atoms with van der Waals surface area (Å²) < 4.78 is 26.2. The van der Waals surface area contributed by atoms with Crippen molar-refractivity contribution >= 4 is 28.5 Å². The van der Waals surface area contributed by atoms with E-state index in [0.29, 0.717) is 22.8 Å². The molecule has 0 unspecified atom stereocenters. The lowest BCUT2D eigenvalue weighted by atomic mass is 10.2. The van der Waals surface area contributed by atoms with Crippen molar-refractivity contribution in [2.24, 2.45) is 0 Å². The summed E-state index contributed by atoms with van der Waals surface area (Å²) in [7, 11) is 0. The fourth-order valence-corrected chi connectivity index (χ4v) is 2.19. The summed E-state index contributed by atoms with van der Waals surface area (Å²) in [6.07, 6.45) is 3.09. The molecule has 2 N–H and O–H groups in total. The first kappa shape index (κ1) is 16.4. The second-order valence-electron chi connectivity index (χ2n) is 5.15. The van der Waals surface area contributed by atoms with Crippen molar-refractivity contribution < 1.29 is 18.4 Å². The molecule has 0 aliphatic rings. The fraction of sp³-hybridized carbons (Fsp3) is 0.0588. The number of anilines is 1. The largest absolute Gasteiger partial charge is 0.343 e. The van der Waals surface area contributed by atoms with Gasteiger partial charge >= 0.3 is 0 Å². The monoisotopic (exact) mass is 342 g/mol. The standard InChI is InChI=1S/C17H12F2N4O2/c18-11-5-10(6-12(19)7-11)17(25)22-9-16(24)23-13-1-2-14-15(8-13)21-4-3-20-14/h1-8H,9H2,(H,22,25)(H,23,24). The molecule has 0 fully saturated rings. The van der Waals surface area contributed by atoms with Crippen LogP contribution in [0.25, 0.3) is 11.0 Å². The van der Waals surface area contributed by atoms with E-state index >= 15 is 0 Å². The lowest BCUT2D eigenvalue weighted by Crippen LogP contribution is -2.33. The minimum atomic E-state index is -0.869. The molecule has 0 spiro atoms. The smallest absolute Gasteiger partial charge is 0.251 e. The van der Waals surface area contributed by atoms with Crippen LogP contribution in [0, 0.1) is 11.6 Å². The maximum Gasteiger partial charge on any atom is 0.251 e. The van der Waals surface area contributed by atoms with Gasteiger partial charge in [-0.05, 0) is 30.3 Å². The molecule has 2 aromatic carbocycles. The number of nitrogens with zero attached hydrogens (tertiary/aromatic N) is 2. The van der Waals surface area contributed by atoms with E-state index in [-0.39, 0.29) is 12.1 Å². The molecule has 0 saturated heterocycles. The number of fused-ring (bicyclic) bond motifs is 1. The van der Waals surface area contributed by atoms with Crippen LogP contribution in [0.2, 0.25) is 0 Å². The lowest BCUT2D eigenvalue weighted by molar-refractivity contribution is -0.115. The summed E-state index contributed by atoms with van der Waals surface area (Å²) in [4.78, 5) is 32.0. The van der Waals surface area contributed by atoms with Crippen LogP contribution in [0.15, 0.2) is 48.8 Å². The third-order valence-corrected chi connectivity index (χ3v) is 3.29. The van der Waals surface area contributed by atoms with Gasteiger partial charge in [0.25, 0.3) is 5.91 Å². The molecule has 0 aliphatic heterocycles. The topological polar surface area (TPSA) is 84.0 Å². The molecule has 8 heteroatoms. The summed E-state index contributed by atoms with van der Waals surface area (Å²) in [5, 5.41) is 4.89. The third kappa shape index (κ3) is 4.11. The van der Waals surface area contributed by atoms with E-state index in [9.17, 15) is 18.4 Å². The van der Waals surface area contributed by atoms with Gasteiger partial charge in [0, 0.05) is 29.7 Å². The number of rotatable bonds is 4. The Hall–Kier alpha value is -3.42. The predicted octanol–water partition coefficient (Wildman–Crippen LogP) is 2.28. The minimum Gasteiger partial charge on any atom is -0.343 e. The molecule has 2 amide bonds. The Bertz CT molecular complexity index is 942. The van der Waals surface area contributed by atoms with E-state index < -0.39 is 23.4 Å². The molecule has 1 heterocycles. The van der Waals surface area contributed by atoms with E-state index in [1.807, 2.05) is 0 Å². The molecule has 0 atom stereocenters. The quantitative estimate of drug-likeness (QED) is 0.762. The number of nitrogens with one attached hydrogen (secondary N) is 2. The van der Waals surface area contributed by atoms with Crippen molar-refractivity contribution in [2.75, 3.05) is 11.9 Å². The highest BCUT2D eigenvalue weighted by molar-refractivity contribution is 5.99. The van der Waals surface area contributed by atoms with Crippen molar-refractivity contribution in [3.63, 3.8) is 0 Å². The third-order valence-electron chi connectivity index (χ3n) is 3.29. The number of carbonyl (C=O) groups excluding carboxylic acids is 2. The Morgan fingerprint density at radius 3 is 2.32 bits per heavy atom. The first-order valence-electron chi connectivity index (χ1n) is 7.26. The lowest BCUT2D eigenvalue weighted by Gasteiger charge is -2.08. The Kier molecular flexibility index (Phi) is 4.60. The highest BCUT2D eigenvalue weighted by Crippen LogP contribution is 2.14. The molecule has 1 aromatic heterocycles. The highest BCUT2D eigenvalue weighted by atomic mass is 19.1. The Labute approximate surface area is 140 Å². The van der Waals surface area contributed by atoms with Gasteiger partial charge in [-0.3, -0.25) is 19.6 Å². The van der Waals surface area contributed by atoms with Crippen molar-refractivity contribution in [3.8, 4) is 0 Å². The van der Waals surface area contributed by atoms with Crippen LogP contribution in [0.1, 0.15) is 10.4 Å². The molecule has 3 aromatic rings. The summed E-state index contributed by atoms with van der Waals surface area (Å²) in [5.74, 6) is -2.98. The van der Waals surface area contributed by atoms with Gasteiger partial charge < -0.3 is 10.6 Å². The van der Waals surface area contributed by atoms with E-state index in [1.165, 1.54) is 6.20 Å². The molecule has 0 aliphatic carbocycles. The number of hydrogen-bond acceptors (Lipinski definition) is 4. The van der Waals surface area contributed by atoms with Crippen LogP contribution in [-0.4, -0.2) is 28.3 Å². The number of amides is 2. The maximum atomic E-state index is 13.1. The van der Waals surface area contributed by atoms with Gasteiger partial charge in [0.1, 0.15) is 11.6 Å². The molecule has 0 bridgehead atoms. The second-order valence-corrected chi connectivity index (χ2v) is 5.15.